The summed E-state index contributed by atoms with van der Waals surface area (Å²) in [5.41, 5.74) is 2.13. The molecule has 0 aliphatic heterocycles. The molecule has 5 nitrogen and oxygen atoms in total. The van der Waals surface area contributed by atoms with E-state index in [4.69, 9.17) is 4.74 Å². The van der Waals surface area contributed by atoms with E-state index in [0.29, 0.717) is 12.0 Å². The van der Waals surface area contributed by atoms with Gasteiger partial charge in [-0.1, -0.05) is 13.8 Å². The zero-order valence-corrected chi connectivity index (χ0v) is 12.3. The molecule has 0 amide bonds. The Morgan fingerprint density at radius 1 is 1.40 bits per heavy atom. The summed E-state index contributed by atoms with van der Waals surface area (Å²) >= 11 is 0. The molecule has 0 saturated heterocycles. The van der Waals surface area contributed by atoms with Crippen molar-refractivity contribution >= 4 is 11.3 Å². The highest BCUT2D eigenvalue weighted by molar-refractivity contribution is 5.68. The maximum Gasteiger partial charge on any atom is 0.152 e. The second-order valence-corrected chi connectivity index (χ2v) is 5.79. The highest BCUT2D eigenvalue weighted by atomic mass is 16.5. The average Bonchev–Trinajstić information content (AvgIpc) is 3.04. The molecule has 3 rings (SSSR count). The lowest BCUT2D eigenvalue weighted by Gasteiger charge is -2.20. The van der Waals surface area contributed by atoms with Crippen molar-refractivity contribution in [1.82, 2.24) is 14.6 Å². The molecule has 0 radical (unpaired) electrons. The number of fused-ring (bicyclic) bond motifs is 1. The van der Waals surface area contributed by atoms with E-state index in [0.717, 1.165) is 29.9 Å². The van der Waals surface area contributed by atoms with E-state index in [2.05, 4.69) is 35.3 Å². The molecule has 20 heavy (non-hydrogen) atoms. The van der Waals surface area contributed by atoms with Gasteiger partial charge in [0.05, 0.1) is 17.8 Å². The molecule has 1 N–H and O–H groups in total. The van der Waals surface area contributed by atoms with Gasteiger partial charge in [-0.25, -0.2) is 9.50 Å². The lowest BCUT2D eigenvalue weighted by atomic mass is 10.1. The third kappa shape index (κ3) is 2.38. The molecule has 0 bridgehead atoms. The highest BCUT2D eigenvalue weighted by Crippen LogP contribution is 2.27. The third-order valence-corrected chi connectivity index (χ3v) is 4.08. The van der Waals surface area contributed by atoms with Crippen LogP contribution in [-0.2, 0) is 4.74 Å². The molecule has 5 heteroatoms. The topological polar surface area (TPSA) is 51.5 Å². The van der Waals surface area contributed by atoms with Crippen LogP contribution in [0.25, 0.3) is 5.52 Å². The highest BCUT2D eigenvalue weighted by Gasteiger charge is 2.27. The lowest BCUT2D eigenvalue weighted by Crippen LogP contribution is -2.30. The fourth-order valence-corrected chi connectivity index (χ4v) is 2.88. The summed E-state index contributed by atoms with van der Waals surface area (Å²) in [5.74, 6) is 1.32. The van der Waals surface area contributed by atoms with Gasteiger partial charge in [0.25, 0.3) is 0 Å². The number of aromatic nitrogens is 3. The number of nitrogens with zero attached hydrogens (tertiary/aromatic N) is 3. The smallest absolute Gasteiger partial charge is 0.152 e. The van der Waals surface area contributed by atoms with Gasteiger partial charge >= 0.3 is 0 Å². The minimum Gasteiger partial charge on any atom is -0.379 e. The van der Waals surface area contributed by atoms with Gasteiger partial charge in [0.1, 0.15) is 5.52 Å². The van der Waals surface area contributed by atoms with Crippen molar-refractivity contribution in [2.45, 2.75) is 51.2 Å². The summed E-state index contributed by atoms with van der Waals surface area (Å²) in [6.45, 7) is 4.31. The Bertz CT molecular complexity index is 593. The molecule has 2 unspecified atom stereocenters. The van der Waals surface area contributed by atoms with Crippen molar-refractivity contribution in [2.24, 2.45) is 0 Å². The minimum atomic E-state index is 0.282. The number of rotatable bonds is 4. The zero-order chi connectivity index (χ0) is 14.1. The maximum atomic E-state index is 5.54. The normalized spacial score (nSPS) is 22.8. The molecule has 1 aliphatic carbocycles. The molecule has 108 valence electrons. The van der Waals surface area contributed by atoms with Gasteiger partial charge in [0.15, 0.2) is 5.82 Å². The van der Waals surface area contributed by atoms with E-state index in [9.17, 15) is 0 Å². The maximum absolute atomic E-state index is 5.54. The Hall–Kier alpha value is -1.62. The molecule has 2 heterocycles. The van der Waals surface area contributed by atoms with E-state index < -0.39 is 0 Å². The van der Waals surface area contributed by atoms with Crippen molar-refractivity contribution in [1.29, 1.82) is 0 Å². The van der Waals surface area contributed by atoms with Gasteiger partial charge < -0.3 is 10.1 Å². The van der Waals surface area contributed by atoms with Crippen LogP contribution in [0.3, 0.4) is 0 Å². The number of nitrogens with one attached hydrogen (secondary N) is 1. The number of hydrogen-bond donors (Lipinski definition) is 1. The average molecular weight is 274 g/mol. The monoisotopic (exact) mass is 274 g/mol. The van der Waals surface area contributed by atoms with Crippen LogP contribution in [0, 0.1) is 0 Å². The summed E-state index contributed by atoms with van der Waals surface area (Å²) in [7, 11) is 1.79. The quantitative estimate of drug-likeness (QED) is 0.931. The van der Waals surface area contributed by atoms with Gasteiger partial charge in [-0.3, -0.25) is 0 Å². The number of methoxy groups -OCH3 is 1. The lowest BCUT2D eigenvalue weighted by molar-refractivity contribution is 0.101. The Morgan fingerprint density at radius 3 is 3.00 bits per heavy atom. The van der Waals surface area contributed by atoms with Gasteiger partial charge in [-0.2, -0.15) is 5.10 Å². The standard InChI is InChI=1S/C15H22N4O/c1-10(2)12-9-13-15(16-7-8-19(13)18-12)17-11-5-4-6-14(11)20-3/h7-11,14H,4-6H2,1-3H3,(H,16,17). The van der Waals surface area contributed by atoms with Gasteiger partial charge in [-0.05, 0) is 31.2 Å². The first-order chi connectivity index (χ1) is 9.69. The summed E-state index contributed by atoms with van der Waals surface area (Å²) in [6.07, 6.45) is 7.43. The second-order valence-electron chi connectivity index (χ2n) is 5.79. The summed E-state index contributed by atoms with van der Waals surface area (Å²) in [5, 5.41) is 8.13. The minimum absolute atomic E-state index is 0.282. The van der Waals surface area contributed by atoms with Crippen LogP contribution in [0.4, 0.5) is 5.82 Å². The van der Waals surface area contributed by atoms with E-state index in [1.54, 1.807) is 13.3 Å². The molecule has 1 aliphatic rings. The molecule has 0 spiro atoms. The fraction of sp³-hybridized carbons (Fsp3) is 0.600. The molecule has 0 aromatic carbocycles. The van der Waals surface area contributed by atoms with Crippen LogP contribution in [0.15, 0.2) is 18.5 Å². The molecule has 1 fully saturated rings. The van der Waals surface area contributed by atoms with E-state index in [1.807, 2.05) is 10.7 Å². The van der Waals surface area contributed by atoms with Crippen LogP contribution in [0.5, 0.6) is 0 Å². The van der Waals surface area contributed by atoms with Crippen LogP contribution < -0.4 is 5.32 Å². The van der Waals surface area contributed by atoms with Crippen LogP contribution in [0.2, 0.25) is 0 Å². The van der Waals surface area contributed by atoms with Crippen molar-refractivity contribution in [3.8, 4) is 0 Å². The van der Waals surface area contributed by atoms with Crippen LogP contribution in [-0.4, -0.2) is 33.9 Å². The third-order valence-electron chi connectivity index (χ3n) is 4.08. The first-order valence-corrected chi connectivity index (χ1v) is 7.32. The van der Waals surface area contributed by atoms with Crippen molar-refractivity contribution < 1.29 is 4.74 Å². The molecule has 2 aromatic heterocycles. The Labute approximate surface area is 119 Å². The fourth-order valence-electron chi connectivity index (χ4n) is 2.88. The van der Waals surface area contributed by atoms with Crippen molar-refractivity contribution in [3.63, 3.8) is 0 Å². The zero-order valence-electron chi connectivity index (χ0n) is 12.3. The summed E-state index contributed by atoms with van der Waals surface area (Å²) < 4.78 is 7.44. The molecular formula is C15H22N4O. The van der Waals surface area contributed by atoms with Crippen LogP contribution in [0.1, 0.15) is 44.7 Å². The summed E-state index contributed by atoms with van der Waals surface area (Å²) in [6, 6.07) is 2.47. The predicted molar refractivity (Wildman–Crippen MR) is 79.1 cm³/mol. The van der Waals surface area contributed by atoms with Crippen molar-refractivity contribution in [2.75, 3.05) is 12.4 Å². The second kappa shape index (κ2) is 5.40. The Kier molecular flexibility index (Phi) is 3.61. The number of ether oxygens (including phenoxy) is 1. The predicted octanol–water partition coefficient (Wildman–Crippen LogP) is 2.83. The van der Waals surface area contributed by atoms with Crippen molar-refractivity contribution in [3.05, 3.63) is 24.2 Å². The van der Waals surface area contributed by atoms with Gasteiger partial charge in [0, 0.05) is 19.5 Å². The Morgan fingerprint density at radius 2 is 2.25 bits per heavy atom. The van der Waals surface area contributed by atoms with Crippen LogP contribution >= 0.6 is 0 Å². The molecule has 2 atom stereocenters. The van der Waals surface area contributed by atoms with Gasteiger partial charge in [0.2, 0.25) is 0 Å². The SMILES string of the molecule is COC1CCCC1Nc1nccn2nc(C(C)C)cc12. The van der Waals surface area contributed by atoms with Gasteiger partial charge in [-0.15, -0.1) is 0 Å². The molecule has 2 aromatic rings. The Balaban J connectivity index is 1.91. The summed E-state index contributed by atoms with van der Waals surface area (Å²) in [4.78, 5) is 4.48. The number of hydrogen-bond acceptors (Lipinski definition) is 4. The van der Waals surface area contributed by atoms with E-state index >= 15 is 0 Å². The van der Waals surface area contributed by atoms with E-state index in [1.165, 1.54) is 6.42 Å². The first kappa shape index (κ1) is 13.4. The first-order valence-electron chi connectivity index (χ1n) is 7.32. The number of anilines is 1. The molecular weight excluding hydrogens is 252 g/mol. The molecule has 1 saturated carbocycles. The van der Waals surface area contributed by atoms with E-state index in [-0.39, 0.29) is 6.10 Å². The largest absolute Gasteiger partial charge is 0.379 e.